The Balaban J connectivity index is 2.71. The molecule has 4 heteroatoms. The van der Waals surface area contributed by atoms with Gasteiger partial charge in [0.05, 0.1) is 6.20 Å². The second-order valence-electron chi connectivity index (χ2n) is 3.27. The Kier molecular flexibility index (Phi) is 1.96. The molecule has 0 aromatic carbocycles. The maximum absolute atomic E-state index is 5.80. The summed E-state index contributed by atoms with van der Waals surface area (Å²) >= 11 is 5.80. The van der Waals surface area contributed by atoms with Crippen LogP contribution in [0.4, 0.5) is 0 Å². The van der Waals surface area contributed by atoms with Gasteiger partial charge in [0.15, 0.2) is 5.65 Å². The van der Waals surface area contributed by atoms with Crippen LogP contribution in [0, 0.1) is 0 Å². The van der Waals surface area contributed by atoms with Crippen molar-refractivity contribution in [2.45, 2.75) is 19.8 Å². The van der Waals surface area contributed by atoms with Crippen molar-refractivity contribution >= 4 is 17.2 Å². The van der Waals surface area contributed by atoms with E-state index in [2.05, 4.69) is 23.9 Å². The molecule has 0 atom stereocenters. The van der Waals surface area contributed by atoms with Gasteiger partial charge in [-0.1, -0.05) is 25.4 Å². The Labute approximate surface area is 81.4 Å². The summed E-state index contributed by atoms with van der Waals surface area (Å²) in [6.45, 7) is 4.22. The predicted molar refractivity (Wildman–Crippen MR) is 52.1 cm³/mol. The number of rotatable bonds is 1. The Morgan fingerprint density at radius 1 is 1.46 bits per heavy atom. The molecule has 0 unspecified atom stereocenters. The number of hydrogen-bond acceptors (Lipinski definition) is 2. The lowest BCUT2D eigenvalue weighted by Gasteiger charge is -2.00. The van der Waals surface area contributed by atoms with Gasteiger partial charge in [0, 0.05) is 11.8 Å². The van der Waals surface area contributed by atoms with Gasteiger partial charge in [-0.25, -0.2) is 9.50 Å². The lowest BCUT2D eigenvalue weighted by molar-refractivity contribution is 0.872. The van der Waals surface area contributed by atoms with Gasteiger partial charge in [0.1, 0.15) is 5.15 Å². The van der Waals surface area contributed by atoms with Crippen LogP contribution in [0.15, 0.2) is 18.5 Å². The molecular formula is C9H10ClN3. The average molecular weight is 196 g/mol. The Hall–Kier alpha value is -1.09. The third-order valence-electron chi connectivity index (χ3n) is 1.98. The first-order valence-electron chi connectivity index (χ1n) is 4.18. The van der Waals surface area contributed by atoms with Crippen molar-refractivity contribution in [3.63, 3.8) is 0 Å². The third-order valence-corrected chi connectivity index (χ3v) is 2.19. The normalized spacial score (nSPS) is 11.4. The Morgan fingerprint density at radius 3 is 2.92 bits per heavy atom. The van der Waals surface area contributed by atoms with Crippen LogP contribution in [0.1, 0.15) is 25.3 Å². The molecule has 0 fully saturated rings. The van der Waals surface area contributed by atoms with Gasteiger partial charge in [-0.05, 0) is 12.0 Å². The van der Waals surface area contributed by atoms with Gasteiger partial charge in [-0.2, -0.15) is 5.10 Å². The summed E-state index contributed by atoms with van der Waals surface area (Å²) in [5.74, 6) is 0.420. The third kappa shape index (κ3) is 1.40. The molecule has 68 valence electrons. The topological polar surface area (TPSA) is 30.2 Å². The summed E-state index contributed by atoms with van der Waals surface area (Å²) < 4.78 is 1.74. The minimum atomic E-state index is 0.420. The second kappa shape index (κ2) is 3.00. The van der Waals surface area contributed by atoms with E-state index in [0.29, 0.717) is 11.1 Å². The lowest BCUT2D eigenvalue weighted by atomic mass is 10.1. The fourth-order valence-electron chi connectivity index (χ4n) is 1.27. The molecule has 2 heterocycles. The van der Waals surface area contributed by atoms with Crippen molar-refractivity contribution in [2.75, 3.05) is 0 Å². The molecule has 3 nitrogen and oxygen atoms in total. The second-order valence-corrected chi connectivity index (χ2v) is 3.66. The van der Waals surface area contributed by atoms with Crippen LogP contribution in [0.2, 0.25) is 5.15 Å². The first-order valence-corrected chi connectivity index (χ1v) is 4.56. The monoisotopic (exact) mass is 195 g/mol. The van der Waals surface area contributed by atoms with Crippen LogP contribution in [0.25, 0.3) is 5.65 Å². The van der Waals surface area contributed by atoms with E-state index < -0.39 is 0 Å². The average Bonchev–Trinajstić information content (AvgIpc) is 2.46. The summed E-state index contributed by atoms with van der Waals surface area (Å²) in [6, 6.07) is 1.73. The van der Waals surface area contributed by atoms with E-state index in [1.165, 1.54) is 0 Å². The highest BCUT2D eigenvalue weighted by molar-refractivity contribution is 6.29. The summed E-state index contributed by atoms with van der Waals surface area (Å²) in [5, 5.41) is 4.69. The highest BCUT2D eigenvalue weighted by atomic mass is 35.5. The molecule has 2 aromatic heterocycles. The van der Waals surface area contributed by atoms with Crippen molar-refractivity contribution in [3.05, 3.63) is 29.2 Å². The molecule has 13 heavy (non-hydrogen) atoms. The number of nitrogens with zero attached hydrogens (tertiary/aromatic N) is 3. The molecule has 0 saturated heterocycles. The molecule has 0 spiro atoms. The molecule has 0 N–H and O–H groups in total. The Bertz CT molecular complexity index is 433. The molecule has 2 aromatic rings. The highest BCUT2D eigenvalue weighted by Crippen LogP contribution is 2.19. The summed E-state index contributed by atoms with van der Waals surface area (Å²) in [7, 11) is 0. The van der Waals surface area contributed by atoms with Gasteiger partial charge < -0.3 is 0 Å². The van der Waals surface area contributed by atoms with Crippen LogP contribution in [-0.2, 0) is 0 Å². The van der Waals surface area contributed by atoms with Gasteiger partial charge in [0.2, 0.25) is 0 Å². The van der Waals surface area contributed by atoms with Crippen LogP contribution in [0.5, 0.6) is 0 Å². The quantitative estimate of drug-likeness (QED) is 0.655. The molecule has 0 aliphatic heterocycles. The maximum Gasteiger partial charge on any atom is 0.160 e. The minimum Gasteiger partial charge on any atom is -0.222 e. The molecule has 0 bridgehead atoms. The first-order chi connectivity index (χ1) is 6.18. The van der Waals surface area contributed by atoms with Gasteiger partial charge >= 0.3 is 0 Å². The zero-order valence-corrected chi connectivity index (χ0v) is 8.28. The van der Waals surface area contributed by atoms with E-state index in [9.17, 15) is 0 Å². The number of halogens is 1. The van der Waals surface area contributed by atoms with E-state index in [0.717, 1.165) is 11.2 Å². The van der Waals surface area contributed by atoms with Gasteiger partial charge in [0.25, 0.3) is 0 Å². The molecule has 0 aliphatic carbocycles. The Morgan fingerprint density at radius 2 is 2.23 bits per heavy atom. The molecule has 0 amide bonds. The molecule has 0 saturated carbocycles. The zero-order valence-electron chi connectivity index (χ0n) is 7.53. The minimum absolute atomic E-state index is 0.420. The van der Waals surface area contributed by atoms with E-state index in [-0.39, 0.29) is 0 Å². The predicted octanol–water partition coefficient (Wildman–Crippen LogP) is 2.51. The molecule has 2 rings (SSSR count). The van der Waals surface area contributed by atoms with Crippen LogP contribution >= 0.6 is 11.6 Å². The number of fused-ring (bicyclic) bond motifs is 1. The molecule has 0 radical (unpaired) electrons. The molecular weight excluding hydrogens is 186 g/mol. The first kappa shape index (κ1) is 8.51. The van der Waals surface area contributed by atoms with E-state index in [1.807, 2.05) is 12.4 Å². The number of hydrogen-bond donors (Lipinski definition) is 0. The fraction of sp³-hybridized carbons (Fsp3) is 0.333. The van der Waals surface area contributed by atoms with Gasteiger partial charge in [-0.3, -0.25) is 0 Å². The number of aromatic nitrogens is 3. The van der Waals surface area contributed by atoms with Crippen molar-refractivity contribution < 1.29 is 0 Å². The van der Waals surface area contributed by atoms with E-state index >= 15 is 0 Å². The summed E-state index contributed by atoms with van der Waals surface area (Å²) in [5.41, 5.74) is 1.98. The SMILES string of the molecule is CC(C)c1cnn2ccc(Cl)nc12. The van der Waals surface area contributed by atoms with Crippen molar-refractivity contribution in [1.82, 2.24) is 14.6 Å². The van der Waals surface area contributed by atoms with Crippen LogP contribution in [-0.4, -0.2) is 14.6 Å². The maximum atomic E-state index is 5.80. The smallest absolute Gasteiger partial charge is 0.160 e. The van der Waals surface area contributed by atoms with E-state index in [4.69, 9.17) is 11.6 Å². The zero-order chi connectivity index (χ0) is 9.42. The fourth-order valence-corrected chi connectivity index (χ4v) is 1.41. The largest absolute Gasteiger partial charge is 0.222 e. The van der Waals surface area contributed by atoms with Crippen molar-refractivity contribution in [3.8, 4) is 0 Å². The van der Waals surface area contributed by atoms with E-state index in [1.54, 1.807) is 10.6 Å². The summed E-state index contributed by atoms with van der Waals surface area (Å²) in [6.07, 6.45) is 3.65. The molecule has 0 aliphatic rings. The van der Waals surface area contributed by atoms with Crippen LogP contribution < -0.4 is 0 Å². The van der Waals surface area contributed by atoms with Gasteiger partial charge in [-0.15, -0.1) is 0 Å². The van der Waals surface area contributed by atoms with Crippen LogP contribution in [0.3, 0.4) is 0 Å². The summed E-state index contributed by atoms with van der Waals surface area (Å²) in [4.78, 5) is 4.22. The standard InChI is InChI=1S/C9H10ClN3/c1-6(2)7-5-11-13-4-3-8(10)12-9(7)13/h3-6H,1-2H3. The lowest BCUT2D eigenvalue weighted by Crippen LogP contribution is -1.92. The van der Waals surface area contributed by atoms with Crippen molar-refractivity contribution in [2.24, 2.45) is 0 Å². The highest BCUT2D eigenvalue weighted by Gasteiger charge is 2.08. The van der Waals surface area contributed by atoms with Crippen molar-refractivity contribution in [1.29, 1.82) is 0 Å².